The molecule has 1 aromatic rings. The van der Waals surface area contributed by atoms with Crippen LogP contribution in [-0.4, -0.2) is 41.2 Å². The van der Waals surface area contributed by atoms with E-state index in [9.17, 15) is 9.90 Å². The summed E-state index contributed by atoms with van der Waals surface area (Å²) in [6, 6.07) is 6.31. The molecule has 1 aliphatic carbocycles. The first-order valence-corrected chi connectivity index (χ1v) is 8.75. The van der Waals surface area contributed by atoms with Gasteiger partial charge in [-0.3, -0.25) is 9.69 Å². The Morgan fingerprint density at radius 3 is 2.87 bits per heavy atom. The second-order valence-corrected chi connectivity index (χ2v) is 7.06. The molecule has 0 aromatic heterocycles. The molecule has 0 bridgehead atoms. The minimum atomic E-state index is -0.675. The molecule has 1 saturated carbocycles. The van der Waals surface area contributed by atoms with E-state index in [0.29, 0.717) is 25.1 Å². The monoisotopic (exact) mass is 317 g/mol. The molecule has 4 heteroatoms. The van der Waals surface area contributed by atoms with Crippen LogP contribution >= 0.6 is 0 Å². The van der Waals surface area contributed by atoms with Crippen molar-refractivity contribution in [2.45, 2.75) is 58.0 Å². The van der Waals surface area contributed by atoms with Crippen LogP contribution in [0.25, 0.3) is 0 Å². The lowest BCUT2D eigenvalue weighted by atomic mass is 9.85. The average molecular weight is 317 g/mol. The summed E-state index contributed by atoms with van der Waals surface area (Å²) in [5, 5.41) is 9.55. The van der Waals surface area contributed by atoms with Gasteiger partial charge in [0.1, 0.15) is 18.4 Å². The van der Waals surface area contributed by atoms with Gasteiger partial charge >= 0.3 is 5.97 Å². The minimum absolute atomic E-state index is 0.328. The minimum Gasteiger partial charge on any atom is -0.492 e. The summed E-state index contributed by atoms with van der Waals surface area (Å²) in [4.78, 5) is 13.8. The number of ether oxygens (including phenoxy) is 1. The number of benzene rings is 1. The Morgan fingerprint density at radius 2 is 2.09 bits per heavy atom. The van der Waals surface area contributed by atoms with Crippen molar-refractivity contribution in [2.24, 2.45) is 5.92 Å². The van der Waals surface area contributed by atoms with E-state index in [0.717, 1.165) is 24.2 Å². The molecular weight excluding hydrogens is 290 g/mol. The highest BCUT2D eigenvalue weighted by Gasteiger charge is 2.44. The molecule has 0 spiro atoms. The van der Waals surface area contributed by atoms with Crippen molar-refractivity contribution in [1.29, 1.82) is 0 Å². The molecule has 4 nitrogen and oxygen atoms in total. The van der Waals surface area contributed by atoms with Crippen LogP contribution in [0.3, 0.4) is 0 Å². The Labute approximate surface area is 138 Å². The number of aryl methyl sites for hydroxylation is 2. The van der Waals surface area contributed by atoms with Gasteiger partial charge in [0.05, 0.1) is 0 Å². The van der Waals surface area contributed by atoms with Crippen molar-refractivity contribution in [3.63, 3.8) is 0 Å². The van der Waals surface area contributed by atoms with Gasteiger partial charge in [-0.15, -0.1) is 0 Å². The van der Waals surface area contributed by atoms with Crippen LogP contribution in [-0.2, 0) is 4.79 Å². The molecule has 1 N–H and O–H groups in total. The molecule has 1 aliphatic heterocycles. The molecule has 3 unspecified atom stereocenters. The van der Waals surface area contributed by atoms with Crippen LogP contribution < -0.4 is 4.74 Å². The van der Waals surface area contributed by atoms with Gasteiger partial charge in [0.15, 0.2) is 0 Å². The number of carbonyl (C=O) groups is 1. The molecule has 1 aromatic carbocycles. The molecular formula is C19H27NO3. The first-order valence-electron chi connectivity index (χ1n) is 8.75. The highest BCUT2D eigenvalue weighted by atomic mass is 16.5. The van der Waals surface area contributed by atoms with E-state index in [1.54, 1.807) is 0 Å². The summed E-state index contributed by atoms with van der Waals surface area (Å²) in [5.74, 6) is 0.799. The van der Waals surface area contributed by atoms with E-state index < -0.39 is 5.97 Å². The SMILES string of the molecule is Cc1ccc(C)c(OCCN2C(C(=O)O)CC3CCCCC32)c1. The van der Waals surface area contributed by atoms with E-state index in [1.807, 2.05) is 6.92 Å². The van der Waals surface area contributed by atoms with E-state index in [1.165, 1.54) is 24.8 Å². The largest absolute Gasteiger partial charge is 0.492 e. The summed E-state index contributed by atoms with van der Waals surface area (Å²) in [6.45, 7) is 5.35. The first-order chi connectivity index (χ1) is 11.1. The summed E-state index contributed by atoms with van der Waals surface area (Å²) in [7, 11) is 0. The van der Waals surface area contributed by atoms with Crippen LogP contribution in [0.1, 0.15) is 43.2 Å². The van der Waals surface area contributed by atoms with Gasteiger partial charge < -0.3 is 9.84 Å². The molecule has 1 heterocycles. The fraction of sp³-hybridized carbons (Fsp3) is 0.632. The molecule has 23 heavy (non-hydrogen) atoms. The van der Waals surface area contributed by atoms with Crippen molar-refractivity contribution in [3.8, 4) is 5.75 Å². The molecule has 2 fully saturated rings. The van der Waals surface area contributed by atoms with Crippen molar-refractivity contribution >= 4 is 5.97 Å². The normalized spacial score (nSPS) is 27.7. The molecule has 0 radical (unpaired) electrons. The fourth-order valence-electron chi connectivity index (χ4n) is 4.24. The quantitative estimate of drug-likeness (QED) is 0.904. The Morgan fingerprint density at radius 1 is 1.30 bits per heavy atom. The molecule has 126 valence electrons. The number of fused-ring (bicyclic) bond motifs is 1. The van der Waals surface area contributed by atoms with E-state index in [-0.39, 0.29) is 6.04 Å². The zero-order valence-electron chi connectivity index (χ0n) is 14.1. The number of nitrogens with zero attached hydrogens (tertiary/aromatic N) is 1. The van der Waals surface area contributed by atoms with Gasteiger partial charge in [-0.1, -0.05) is 25.0 Å². The van der Waals surface area contributed by atoms with Gasteiger partial charge in [0, 0.05) is 12.6 Å². The Kier molecular flexibility index (Phi) is 4.90. The third-order valence-corrected chi connectivity index (χ3v) is 5.46. The number of carboxylic acids is 1. The lowest BCUT2D eigenvalue weighted by Crippen LogP contribution is -2.44. The maximum atomic E-state index is 11.6. The number of aliphatic carboxylic acids is 1. The smallest absolute Gasteiger partial charge is 0.320 e. The van der Waals surface area contributed by atoms with Crippen molar-refractivity contribution in [3.05, 3.63) is 29.3 Å². The Bertz CT molecular complexity index is 572. The zero-order chi connectivity index (χ0) is 16.4. The lowest BCUT2D eigenvalue weighted by molar-refractivity contribution is -0.142. The summed E-state index contributed by atoms with van der Waals surface area (Å²) in [6.07, 6.45) is 5.60. The van der Waals surface area contributed by atoms with Gasteiger partial charge in [-0.05, 0) is 56.2 Å². The zero-order valence-corrected chi connectivity index (χ0v) is 14.1. The highest BCUT2D eigenvalue weighted by molar-refractivity contribution is 5.74. The maximum Gasteiger partial charge on any atom is 0.320 e. The first kappa shape index (κ1) is 16.3. The second kappa shape index (κ2) is 6.91. The molecule has 1 saturated heterocycles. The second-order valence-electron chi connectivity index (χ2n) is 7.06. The van der Waals surface area contributed by atoms with Crippen LogP contribution in [0.4, 0.5) is 0 Å². The third-order valence-electron chi connectivity index (χ3n) is 5.46. The summed E-state index contributed by atoms with van der Waals surface area (Å²) >= 11 is 0. The van der Waals surface area contributed by atoms with Gasteiger partial charge in [0.25, 0.3) is 0 Å². The average Bonchev–Trinajstić information content (AvgIpc) is 2.90. The number of carboxylic acid groups (broad SMARTS) is 1. The topological polar surface area (TPSA) is 49.8 Å². The predicted molar refractivity (Wildman–Crippen MR) is 89.9 cm³/mol. The van der Waals surface area contributed by atoms with E-state index in [4.69, 9.17) is 4.74 Å². The van der Waals surface area contributed by atoms with E-state index in [2.05, 4.69) is 30.0 Å². The number of hydrogen-bond acceptors (Lipinski definition) is 3. The molecule has 0 amide bonds. The van der Waals surface area contributed by atoms with Crippen LogP contribution in [0, 0.1) is 19.8 Å². The van der Waals surface area contributed by atoms with E-state index >= 15 is 0 Å². The van der Waals surface area contributed by atoms with Crippen LogP contribution in [0.2, 0.25) is 0 Å². The lowest BCUT2D eigenvalue weighted by Gasteiger charge is -2.32. The van der Waals surface area contributed by atoms with Crippen molar-refractivity contribution < 1.29 is 14.6 Å². The van der Waals surface area contributed by atoms with Gasteiger partial charge in [-0.2, -0.15) is 0 Å². The summed E-state index contributed by atoms with van der Waals surface area (Å²) < 4.78 is 5.95. The summed E-state index contributed by atoms with van der Waals surface area (Å²) in [5.41, 5.74) is 2.31. The molecule has 3 atom stereocenters. The Balaban J connectivity index is 1.63. The molecule has 3 rings (SSSR count). The predicted octanol–water partition coefficient (Wildman–Crippen LogP) is 3.40. The number of hydrogen-bond donors (Lipinski definition) is 1. The van der Waals surface area contributed by atoms with Crippen molar-refractivity contribution in [1.82, 2.24) is 4.90 Å². The van der Waals surface area contributed by atoms with Gasteiger partial charge in [0.2, 0.25) is 0 Å². The van der Waals surface area contributed by atoms with Crippen LogP contribution in [0.5, 0.6) is 5.75 Å². The third kappa shape index (κ3) is 3.52. The Hall–Kier alpha value is -1.55. The fourth-order valence-corrected chi connectivity index (χ4v) is 4.24. The van der Waals surface area contributed by atoms with Gasteiger partial charge in [-0.25, -0.2) is 0 Å². The molecule has 2 aliphatic rings. The standard InChI is InChI=1S/C19H27NO3/c1-13-7-8-14(2)18(11-13)23-10-9-20-16-6-4-3-5-15(16)12-17(20)19(21)22/h7-8,11,15-17H,3-6,9-10,12H2,1-2H3,(H,21,22). The highest BCUT2D eigenvalue weighted by Crippen LogP contribution is 2.39. The van der Waals surface area contributed by atoms with Crippen molar-refractivity contribution in [2.75, 3.05) is 13.2 Å². The van der Waals surface area contributed by atoms with Crippen LogP contribution in [0.15, 0.2) is 18.2 Å². The number of likely N-dealkylation sites (tertiary alicyclic amines) is 1. The number of rotatable bonds is 5. The maximum absolute atomic E-state index is 11.6.